The van der Waals surface area contributed by atoms with Crippen molar-refractivity contribution in [3.63, 3.8) is 0 Å². The molecule has 0 radical (unpaired) electrons. The highest BCUT2D eigenvalue weighted by Crippen LogP contribution is 2.47. The van der Waals surface area contributed by atoms with Gasteiger partial charge in [-0.3, -0.25) is 5.10 Å². The van der Waals surface area contributed by atoms with Crippen LogP contribution >= 0.6 is 11.8 Å². The lowest BCUT2D eigenvalue weighted by Gasteiger charge is -2.32. The standard InChI is InChI=1S/C20H22N6S/c1-20(25-17(11-27-20)13-5-3-2-4-6-13)14-7-8-15(9-14)24-18-16-10-23-26-19(16)22-12-21-18/h2-6,10-12,14-15,25H,7-9H2,1H3,(H2,21,22,23,24,26)/t14?,15-,20?/m0/s1. The van der Waals surface area contributed by atoms with Crippen LogP contribution in [0.2, 0.25) is 0 Å². The lowest BCUT2D eigenvalue weighted by molar-refractivity contribution is 0.384. The Kier molecular flexibility index (Phi) is 4.04. The molecule has 5 rings (SSSR count). The Hall–Kier alpha value is -2.54. The summed E-state index contributed by atoms with van der Waals surface area (Å²) in [7, 11) is 0. The van der Waals surface area contributed by atoms with E-state index in [1.807, 2.05) is 11.8 Å². The van der Waals surface area contributed by atoms with E-state index in [1.54, 1.807) is 12.5 Å². The van der Waals surface area contributed by atoms with E-state index in [9.17, 15) is 0 Å². The average Bonchev–Trinajstić information content (AvgIpc) is 3.43. The second kappa shape index (κ2) is 6.56. The van der Waals surface area contributed by atoms with Gasteiger partial charge in [-0.15, -0.1) is 11.8 Å². The predicted molar refractivity (Wildman–Crippen MR) is 110 cm³/mol. The Bertz CT molecular complexity index is 984. The normalized spacial score (nSPS) is 27.5. The van der Waals surface area contributed by atoms with Crippen molar-refractivity contribution in [3.05, 3.63) is 53.8 Å². The van der Waals surface area contributed by atoms with Crippen LogP contribution in [0.1, 0.15) is 31.7 Å². The molecule has 27 heavy (non-hydrogen) atoms. The zero-order chi connectivity index (χ0) is 18.3. The van der Waals surface area contributed by atoms with Gasteiger partial charge in [-0.1, -0.05) is 30.3 Å². The number of thioether (sulfide) groups is 1. The van der Waals surface area contributed by atoms with Gasteiger partial charge >= 0.3 is 0 Å². The second-order valence-electron chi connectivity index (χ2n) is 7.45. The maximum atomic E-state index is 4.42. The Balaban J connectivity index is 1.27. The maximum absolute atomic E-state index is 4.42. The number of aromatic nitrogens is 4. The average molecular weight is 379 g/mol. The zero-order valence-corrected chi connectivity index (χ0v) is 16.0. The number of aromatic amines is 1. The molecule has 1 aliphatic carbocycles. The van der Waals surface area contributed by atoms with Crippen molar-refractivity contribution in [1.82, 2.24) is 25.5 Å². The van der Waals surface area contributed by atoms with Crippen molar-refractivity contribution in [1.29, 1.82) is 0 Å². The summed E-state index contributed by atoms with van der Waals surface area (Å²) in [5.41, 5.74) is 3.26. The fraction of sp³-hybridized carbons (Fsp3) is 0.350. The highest BCUT2D eigenvalue weighted by Gasteiger charge is 2.42. The predicted octanol–water partition coefficient (Wildman–Crippen LogP) is 3.98. The topological polar surface area (TPSA) is 78.5 Å². The van der Waals surface area contributed by atoms with Gasteiger partial charge in [-0.25, -0.2) is 9.97 Å². The van der Waals surface area contributed by atoms with Crippen molar-refractivity contribution in [2.75, 3.05) is 5.32 Å². The first kappa shape index (κ1) is 16.6. The quantitative estimate of drug-likeness (QED) is 0.637. The third-order valence-electron chi connectivity index (χ3n) is 5.69. The molecule has 0 saturated heterocycles. The van der Waals surface area contributed by atoms with Crippen LogP contribution in [0.4, 0.5) is 5.82 Å². The van der Waals surface area contributed by atoms with Crippen LogP contribution in [0.25, 0.3) is 16.7 Å². The van der Waals surface area contributed by atoms with Crippen molar-refractivity contribution >= 4 is 34.3 Å². The Morgan fingerprint density at radius 1 is 1.19 bits per heavy atom. The maximum Gasteiger partial charge on any atom is 0.160 e. The van der Waals surface area contributed by atoms with Crippen LogP contribution in [0, 0.1) is 5.92 Å². The summed E-state index contributed by atoms with van der Waals surface area (Å²) in [5, 5.41) is 17.6. The summed E-state index contributed by atoms with van der Waals surface area (Å²) in [6.45, 7) is 2.33. The largest absolute Gasteiger partial charge is 0.370 e. The van der Waals surface area contributed by atoms with Gasteiger partial charge in [-0.2, -0.15) is 5.10 Å². The molecule has 2 unspecified atom stereocenters. The summed E-state index contributed by atoms with van der Waals surface area (Å²) in [6, 6.07) is 11.0. The van der Waals surface area contributed by atoms with E-state index in [-0.39, 0.29) is 4.87 Å². The first-order valence-electron chi connectivity index (χ1n) is 9.33. The molecule has 6 nitrogen and oxygen atoms in total. The molecule has 1 fully saturated rings. The minimum absolute atomic E-state index is 0.0399. The molecule has 3 atom stereocenters. The lowest BCUT2D eigenvalue weighted by Crippen LogP contribution is -2.41. The van der Waals surface area contributed by atoms with E-state index >= 15 is 0 Å². The molecule has 1 aliphatic heterocycles. The summed E-state index contributed by atoms with van der Waals surface area (Å²) in [5.74, 6) is 1.47. The molecule has 3 N–H and O–H groups in total. The van der Waals surface area contributed by atoms with Crippen LogP contribution in [-0.4, -0.2) is 31.1 Å². The number of rotatable bonds is 4. The number of benzene rings is 1. The number of anilines is 1. The van der Waals surface area contributed by atoms with Crippen molar-refractivity contribution in [2.45, 2.75) is 37.1 Å². The molecule has 7 heteroatoms. The SMILES string of the molecule is CC1(C2CC[C@H](Nc3ncnc4[nH]ncc34)C2)NC(c2ccccc2)=CS1. The smallest absolute Gasteiger partial charge is 0.160 e. The van der Waals surface area contributed by atoms with Crippen LogP contribution < -0.4 is 10.6 Å². The third kappa shape index (κ3) is 3.06. The third-order valence-corrected chi connectivity index (χ3v) is 6.97. The van der Waals surface area contributed by atoms with Crippen molar-refractivity contribution in [2.24, 2.45) is 5.92 Å². The van der Waals surface area contributed by atoms with E-state index in [4.69, 9.17) is 0 Å². The fourth-order valence-electron chi connectivity index (χ4n) is 4.15. The molecule has 0 bridgehead atoms. The molecule has 2 aliphatic rings. The molecule has 2 aromatic heterocycles. The Morgan fingerprint density at radius 3 is 2.96 bits per heavy atom. The first-order chi connectivity index (χ1) is 13.2. The highest BCUT2D eigenvalue weighted by molar-refractivity contribution is 8.03. The van der Waals surface area contributed by atoms with E-state index in [0.29, 0.717) is 12.0 Å². The molecule has 138 valence electrons. The van der Waals surface area contributed by atoms with E-state index in [1.165, 1.54) is 17.7 Å². The van der Waals surface area contributed by atoms with Gasteiger partial charge in [0.1, 0.15) is 12.1 Å². The summed E-state index contributed by atoms with van der Waals surface area (Å²) >= 11 is 1.92. The van der Waals surface area contributed by atoms with E-state index in [0.717, 1.165) is 29.7 Å². The van der Waals surface area contributed by atoms with Crippen LogP contribution in [0.3, 0.4) is 0 Å². The highest BCUT2D eigenvalue weighted by atomic mass is 32.2. The van der Waals surface area contributed by atoms with E-state index < -0.39 is 0 Å². The molecule has 3 aromatic rings. The molecular weight excluding hydrogens is 356 g/mol. The number of fused-ring (bicyclic) bond motifs is 1. The summed E-state index contributed by atoms with van der Waals surface area (Å²) < 4.78 is 0. The molecular formula is C20H22N6S. The Labute approximate surface area is 162 Å². The number of nitrogens with one attached hydrogen (secondary N) is 3. The van der Waals surface area contributed by atoms with Crippen LogP contribution in [-0.2, 0) is 0 Å². The molecule has 0 amide bonds. The fourth-order valence-corrected chi connectivity index (χ4v) is 5.28. The van der Waals surface area contributed by atoms with Crippen molar-refractivity contribution in [3.8, 4) is 0 Å². The summed E-state index contributed by atoms with van der Waals surface area (Å²) in [4.78, 5) is 8.67. The molecule has 3 heterocycles. The molecule has 1 aromatic carbocycles. The minimum atomic E-state index is 0.0399. The van der Waals surface area contributed by atoms with Gasteiger partial charge in [0.05, 0.1) is 16.5 Å². The number of hydrogen-bond donors (Lipinski definition) is 3. The zero-order valence-electron chi connectivity index (χ0n) is 15.1. The molecule has 0 spiro atoms. The van der Waals surface area contributed by atoms with Crippen molar-refractivity contribution < 1.29 is 0 Å². The van der Waals surface area contributed by atoms with Gasteiger partial charge < -0.3 is 10.6 Å². The van der Waals surface area contributed by atoms with Gasteiger partial charge in [0.15, 0.2) is 5.65 Å². The molecule has 1 saturated carbocycles. The van der Waals surface area contributed by atoms with E-state index in [2.05, 4.69) is 73.5 Å². The Morgan fingerprint density at radius 2 is 2.07 bits per heavy atom. The first-order valence-corrected chi connectivity index (χ1v) is 10.2. The minimum Gasteiger partial charge on any atom is -0.370 e. The number of hydrogen-bond acceptors (Lipinski definition) is 6. The lowest BCUT2D eigenvalue weighted by atomic mass is 9.97. The monoisotopic (exact) mass is 378 g/mol. The number of H-pyrrole nitrogens is 1. The van der Waals surface area contributed by atoms with Gasteiger partial charge in [0.2, 0.25) is 0 Å². The number of nitrogens with zero attached hydrogens (tertiary/aromatic N) is 3. The summed E-state index contributed by atoms with van der Waals surface area (Å²) in [6.07, 6.45) is 6.84. The van der Waals surface area contributed by atoms with Gasteiger partial charge in [0.25, 0.3) is 0 Å². The van der Waals surface area contributed by atoms with Crippen LogP contribution in [0.15, 0.2) is 48.3 Å². The van der Waals surface area contributed by atoms with Gasteiger partial charge in [0, 0.05) is 11.7 Å². The van der Waals surface area contributed by atoms with Gasteiger partial charge in [-0.05, 0) is 43.1 Å². The second-order valence-corrected chi connectivity index (χ2v) is 8.77. The van der Waals surface area contributed by atoms with Crippen LogP contribution in [0.5, 0.6) is 0 Å².